The molecule has 80 valence electrons. The molecule has 0 heterocycles. The summed E-state index contributed by atoms with van der Waals surface area (Å²) in [6.45, 7) is 2.28. The lowest BCUT2D eigenvalue weighted by molar-refractivity contribution is -0.132. The molecule has 0 amide bonds. The Kier molecular flexibility index (Phi) is 4.10. The van der Waals surface area contributed by atoms with Crippen molar-refractivity contribution >= 4 is 5.97 Å². The third-order valence-electron chi connectivity index (χ3n) is 2.23. The molecule has 1 unspecified atom stereocenters. The molecule has 14 heavy (non-hydrogen) atoms. The van der Waals surface area contributed by atoms with Gasteiger partial charge in [-0.05, 0) is 38.8 Å². The lowest BCUT2D eigenvalue weighted by Crippen LogP contribution is -2.27. The molecule has 1 saturated carbocycles. The number of likely N-dealkylation sites (N-methyl/N-ethyl adjacent to an activating group) is 1. The summed E-state index contributed by atoms with van der Waals surface area (Å²) >= 11 is 0. The van der Waals surface area contributed by atoms with Crippen LogP contribution in [-0.4, -0.2) is 31.0 Å². The zero-order valence-electron chi connectivity index (χ0n) is 8.62. The predicted molar refractivity (Wildman–Crippen MR) is 52.9 cm³/mol. The second kappa shape index (κ2) is 5.12. The second-order valence-corrected chi connectivity index (χ2v) is 3.64. The summed E-state index contributed by atoms with van der Waals surface area (Å²) < 4.78 is 5.49. The van der Waals surface area contributed by atoms with Crippen LogP contribution in [0.1, 0.15) is 19.8 Å². The molecule has 0 aromatic carbocycles. The smallest absolute Gasteiger partial charge is 0.331 e. The minimum absolute atomic E-state index is 0.285. The average molecular weight is 199 g/mol. The van der Waals surface area contributed by atoms with Crippen molar-refractivity contribution in [2.24, 2.45) is 5.92 Å². The molecular weight excluding hydrogens is 182 g/mol. The van der Waals surface area contributed by atoms with Crippen molar-refractivity contribution in [3.63, 3.8) is 0 Å². The highest BCUT2D eigenvalue weighted by Crippen LogP contribution is 2.29. The standard InChI is InChI=1S/C10H17NO3/c1-7(10(12)13)5-9(11-2)14-6-8-3-4-8/h5,8-9,11H,3-4,6H2,1-2H3,(H,12,13)/b7-5+. The highest BCUT2D eigenvalue weighted by Gasteiger charge is 2.22. The maximum Gasteiger partial charge on any atom is 0.331 e. The largest absolute Gasteiger partial charge is 0.478 e. The van der Waals surface area contributed by atoms with Gasteiger partial charge >= 0.3 is 5.97 Å². The van der Waals surface area contributed by atoms with Gasteiger partial charge < -0.3 is 9.84 Å². The Morgan fingerprint density at radius 3 is 2.79 bits per heavy atom. The summed E-state index contributed by atoms with van der Waals surface area (Å²) in [6.07, 6.45) is 3.77. The van der Waals surface area contributed by atoms with E-state index >= 15 is 0 Å². The van der Waals surface area contributed by atoms with E-state index < -0.39 is 5.97 Å². The number of ether oxygens (including phenoxy) is 1. The molecule has 1 aliphatic rings. The molecule has 0 spiro atoms. The minimum Gasteiger partial charge on any atom is -0.478 e. The van der Waals surface area contributed by atoms with E-state index in [0.717, 1.165) is 6.61 Å². The monoisotopic (exact) mass is 199 g/mol. The Hall–Kier alpha value is -0.870. The van der Waals surface area contributed by atoms with E-state index in [-0.39, 0.29) is 6.23 Å². The SMILES string of the molecule is CNC(/C=C(\C)C(=O)O)OCC1CC1. The van der Waals surface area contributed by atoms with E-state index in [1.54, 1.807) is 20.0 Å². The van der Waals surface area contributed by atoms with Gasteiger partial charge in [0, 0.05) is 5.57 Å². The molecule has 0 radical (unpaired) electrons. The molecule has 0 saturated heterocycles. The Morgan fingerprint density at radius 1 is 1.71 bits per heavy atom. The van der Waals surface area contributed by atoms with Crippen molar-refractivity contribution in [1.82, 2.24) is 5.32 Å². The lowest BCUT2D eigenvalue weighted by atomic mass is 10.3. The number of carboxylic acids is 1. The van der Waals surface area contributed by atoms with Gasteiger partial charge in [-0.25, -0.2) is 4.79 Å². The zero-order valence-corrected chi connectivity index (χ0v) is 8.62. The quantitative estimate of drug-likeness (QED) is 0.494. The number of rotatable bonds is 6. The van der Waals surface area contributed by atoms with Crippen LogP contribution in [0.2, 0.25) is 0 Å². The summed E-state index contributed by atoms with van der Waals surface area (Å²) in [5.74, 6) is -0.218. The fraction of sp³-hybridized carbons (Fsp3) is 0.700. The fourth-order valence-electron chi connectivity index (χ4n) is 1.04. The average Bonchev–Trinajstić information content (AvgIpc) is 2.95. The first kappa shape index (κ1) is 11.2. The van der Waals surface area contributed by atoms with Crippen LogP contribution in [0.15, 0.2) is 11.6 Å². The van der Waals surface area contributed by atoms with Crippen LogP contribution in [0.4, 0.5) is 0 Å². The van der Waals surface area contributed by atoms with Crippen LogP contribution in [0, 0.1) is 5.92 Å². The molecule has 0 bridgehead atoms. The van der Waals surface area contributed by atoms with Gasteiger partial charge in [0.2, 0.25) is 0 Å². The van der Waals surface area contributed by atoms with Crippen molar-refractivity contribution in [3.05, 3.63) is 11.6 Å². The first-order valence-electron chi connectivity index (χ1n) is 4.84. The number of carbonyl (C=O) groups is 1. The minimum atomic E-state index is -0.903. The van der Waals surface area contributed by atoms with Crippen LogP contribution < -0.4 is 5.32 Å². The van der Waals surface area contributed by atoms with E-state index in [9.17, 15) is 4.79 Å². The lowest BCUT2D eigenvalue weighted by Gasteiger charge is -2.13. The van der Waals surface area contributed by atoms with Crippen LogP contribution in [-0.2, 0) is 9.53 Å². The van der Waals surface area contributed by atoms with Gasteiger partial charge in [0.05, 0.1) is 6.61 Å². The molecule has 1 aliphatic carbocycles. The molecule has 0 aliphatic heterocycles. The van der Waals surface area contributed by atoms with Crippen LogP contribution in [0.5, 0.6) is 0 Å². The molecule has 0 aromatic rings. The number of hydrogen-bond acceptors (Lipinski definition) is 3. The maximum absolute atomic E-state index is 10.5. The van der Waals surface area contributed by atoms with Crippen LogP contribution in [0.3, 0.4) is 0 Å². The van der Waals surface area contributed by atoms with E-state index in [1.807, 2.05) is 0 Å². The van der Waals surface area contributed by atoms with Gasteiger partial charge in [-0.1, -0.05) is 0 Å². The number of hydrogen-bond donors (Lipinski definition) is 2. The van der Waals surface area contributed by atoms with Crippen LogP contribution in [0.25, 0.3) is 0 Å². The van der Waals surface area contributed by atoms with Gasteiger partial charge in [-0.2, -0.15) is 0 Å². The van der Waals surface area contributed by atoms with Gasteiger partial charge in [-0.15, -0.1) is 0 Å². The zero-order chi connectivity index (χ0) is 10.6. The van der Waals surface area contributed by atoms with E-state index in [1.165, 1.54) is 12.8 Å². The van der Waals surface area contributed by atoms with Crippen LogP contribution >= 0.6 is 0 Å². The third-order valence-corrected chi connectivity index (χ3v) is 2.23. The van der Waals surface area contributed by atoms with Crippen molar-refractivity contribution in [3.8, 4) is 0 Å². The predicted octanol–water partition coefficient (Wildman–Crippen LogP) is 0.989. The number of aliphatic carboxylic acids is 1. The summed E-state index contributed by atoms with van der Waals surface area (Å²) in [5, 5.41) is 11.6. The highest BCUT2D eigenvalue weighted by atomic mass is 16.5. The summed E-state index contributed by atoms with van der Waals surface area (Å²) in [4.78, 5) is 10.5. The molecule has 0 aromatic heterocycles. The van der Waals surface area contributed by atoms with Crippen molar-refractivity contribution in [2.45, 2.75) is 26.0 Å². The van der Waals surface area contributed by atoms with Crippen molar-refractivity contribution in [2.75, 3.05) is 13.7 Å². The van der Waals surface area contributed by atoms with Crippen molar-refractivity contribution in [1.29, 1.82) is 0 Å². The van der Waals surface area contributed by atoms with Gasteiger partial charge in [-0.3, -0.25) is 5.32 Å². The molecule has 4 heteroatoms. The number of nitrogens with one attached hydrogen (secondary N) is 1. The van der Waals surface area contributed by atoms with E-state index in [0.29, 0.717) is 11.5 Å². The first-order chi connectivity index (χ1) is 6.63. The normalized spacial score (nSPS) is 19.4. The first-order valence-corrected chi connectivity index (χ1v) is 4.84. The molecule has 1 rings (SSSR count). The van der Waals surface area contributed by atoms with E-state index in [2.05, 4.69) is 5.32 Å². The summed E-state index contributed by atoms with van der Waals surface area (Å²) in [7, 11) is 1.75. The second-order valence-electron chi connectivity index (χ2n) is 3.64. The highest BCUT2D eigenvalue weighted by molar-refractivity contribution is 5.85. The molecule has 2 N–H and O–H groups in total. The Labute approximate surface area is 83.9 Å². The Bertz CT molecular complexity index is 234. The molecule has 1 fully saturated rings. The number of carboxylic acid groups (broad SMARTS) is 1. The molecular formula is C10H17NO3. The third kappa shape index (κ3) is 3.89. The topological polar surface area (TPSA) is 58.6 Å². The van der Waals surface area contributed by atoms with E-state index in [4.69, 9.17) is 9.84 Å². The Balaban J connectivity index is 2.35. The van der Waals surface area contributed by atoms with Gasteiger partial charge in [0.25, 0.3) is 0 Å². The van der Waals surface area contributed by atoms with Gasteiger partial charge in [0.1, 0.15) is 6.23 Å². The maximum atomic E-state index is 10.5. The Morgan fingerprint density at radius 2 is 2.36 bits per heavy atom. The fourth-order valence-corrected chi connectivity index (χ4v) is 1.04. The molecule has 1 atom stereocenters. The summed E-state index contributed by atoms with van der Waals surface area (Å²) in [6, 6.07) is 0. The van der Waals surface area contributed by atoms with Crippen molar-refractivity contribution < 1.29 is 14.6 Å². The summed E-state index contributed by atoms with van der Waals surface area (Å²) in [5.41, 5.74) is 0.306. The van der Waals surface area contributed by atoms with Gasteiger partial charge in [0.15, 0.2) is 0 Å². The molecule has 4 nitrogen and oxygen atoms in total.